The summed E-state index contributed by atoms with van der Waals surface area (Å²) in [6, 6.07) is 38.1. The molecule has 0 N–H and O–H groups in total. The molecular formula is C31H20IrN4-2. The molecule has 4 nitrogen and oxygen atoms in total. The number of rotatable bonds is 3. The van der Waals surface area contributed by atoms with Gasteiger partial charge in [0.15, 0.2) is 0 Å². The molecule has 36 heavy (non-hydrogen) atoms. The molecule has 0 aliphatic heterocycles. The van der Waals surface area contributed by atoms with Gasteiger partial charge in [-0.1, -0.05) is 54.6 Å². The van der Waals surface area contributed by atoms with Crippen molar-refractivity contribution in [2.24, 2.45) is 0 Å². The smallest absolute Gasteiger partial charge is 0.0802 e. The van der Waals surface area contributed by atoms with Gasteiger partial charge < -0.3 is 9.97 Å². The summed E-state index contributed by atoms with van der Waals surface area (Å²) in [5.74, 6) is 0. The molecule has 0 saturated heterocycles. The summed E-state index contributed by atoms with van der Waals surface area (Å²) < 4.78 is 21.8. The van der Waals surface area contributed by atoms with Gasteiger partial charge in [0.2, 0.25) is 0 Å². The molecule has 0 aliphatic carbocycles. The van der Waals surface area contributed by atoms with Crippen LogP contribution in [-0.2, 0) is 20.1 Å². The molecule has 0 bridgehead atoms. The molecule has 5 rings (SSSR count). The Labute approximate surface area is 229 Å². The Morgan fingerprint density at radius 2 is 1.44 bits per heavy atom. The Kier molecular flexibility index (Phi) is 7.90. The minimum absolute atomic E-state index is 0. The summed E-state index contributed by atoms with van der Waals surface area (Å²) in [5.41, 5.74) is 5.97. The van der Waals surface area contributed by atoms with Gasteiger partial charge in [-0.2, -0.15) is 5.26 Å². The predicted molar refractivity (Wildman–Crippen MR) is 137 cm³/mol. The number of pyridine rings is 2. The van der Waals surface area contributed by atoms with E-state index in [2.05, 4.69) is 40.3 Å². The summed E-state index contributed by atoms with van der Waals surface area (Å²) >= 11 is 0. The van der Waals surface area contributed by atoms with Crippen LogP contribution in [0.3, 0.4) is 0 Å². The largest absolute Gasteiger partial charge is 0.304 e. The Morgan fingerprint density at radius 3 is 2.06 bits per heavy atom. The van der Waals surface area contributed by atoms with Crippen LogP contribution in [0.5, 0.6) is 0 Å². The molecule has 0 spiro atoms. The second kappa shape index (κ2) is 12.9. The summed E-state index contributed by atoms with van der Waals surface area (Å²) in [4.78, 5) is 8.56. The van der Waals surface area contributed by atoms with Crippen molar-refractivity contribution in [1.82, 2.24) is 9.97 Å². The van der Waals surface area contributed by atoms with Crippen LogP contribution in [-0.4, -0.2) is 9.97 Å². The van der Waals surface area contributed by atoms with Gasteiger partial charge in [-0.25, -0.2) is 5.26 Å². The maximum Gasteiger partial charge on any atom is 0.0802 e. The van der Waals surface area contributed by atoms with Crippen molar-refractivity contribution >= 4 is 0 Å². The molecule has 0 atom stereocenters. The minimum atomic E-state index is -2.20. The van der Waals surface area contributed by atoms with Crippen LogP contribution < -0.4 is 0 Å². The first kappa shape index (κ1) is 22.1. The van der Waals surface area contributed by atoms with Gasteiger partial charge in [-0.15, -0.1) is 59.7 Å². The van der Waals surface area contributed by atoms with Crippen LogP contribution in [0, 0.1) is 41.6 Å². The van der Waals surface area contributed by atoms with Gasteiger partial charge in [0.25, 0.3) is 0 Å². The fraction of sp³-hybridized carbons (Fsp3) is 0.0323. The number of aromatic nitrogens is 2. The fourth-order valence-corrected chi connectivity index (χ4v) is 3.28. The van der Waals surface area contributed by atoms with Crippen LogP contribution in [0.1, 0.15) is 20.8 Å². The third kappa shape index (κ3) is 6.59. The van der Waals surface area contributed by atoms with E-state index in [4.69, 9.17) is 14.6 Å². The van der Waals surface area contributed by atoms with Crippen LogP contribution in [0.4, 0.5) is 0 Å². The van der Waals surface area contributed by atoms with Crippen molar-refractivity contribution < 1.29 is 24.2 Å². The topological polar surface area (TPSA) is 73.4 Å². The molecule has 0 amide bonds. The number of nitriles is 2. The number of hydrogen-bond donors (Lipinski definition) is 0. The Hall–Kier alpha value is -4.41. The van der Waals surface area contributed by atoms with E-state index in [1.54, 1.807) is 6.07 Å². The molecule has 2 heterocycles. The molecular weight excluding hydrogens is 621 g/mol. The first-order valence-electron chi connectivity index (χ1n) is 12.2. The van der Waals surface area contributed by atoms with Crippen LogP contribution >= 0.6 is 0 Å². The monoisotopic (exact) mass is 644 g/mol. The van der Waals surface area contributed by atoms with E-state index < -0.39 is 6.85 Å². The Morgan fingerprint density at radius 1 is 0.722 bits per heavy atom. The van der Waals surface area contributed by atoms with Gasteiger partial charge in [-0.3, -0.25) is 0 Å². The van der Waals surface area contributed by atoms with Crippen molar-refractivity contribution in [3.63, 3.8) is 0 Å². The van der Waals surface area contributed by atoms with Gasteiger partial charge in [0.1, 0.15) is 0 Å². The van der Waals surface area contributed by atoms with E-state index in [1.165, 1.54) is 30.0 Å². The fourth-order valence-electron chi connectivity index (χ4n) is 3.28. The number of nitrogens with zero attached hydrogens (tertiary/aromatic N) is 4. The van der Waals surface area contributed by atoms with Crippen molar-refractivity contribution in [1.29, 1.82) is 10.5 Å². The third-order valence-corrected chi connectivity index (χ3v) is 5.09. The average Bonchev–Trinajstić information content (AvgIpc) is 2.98. The van der Waals surface area contributed by atoms with Gasteiger partial charge in [-0.05, 0) is 46.1 Å². The second-order valence-electron chi connectivity index (χ2n) is 7.40. The number of hydrogen-bond acceptors (Lipinski definition) is 4. The summed E-state index contributed by atoms with van der Waals surface area (Å²) in [5, 5.41) is 17.8. The summed E-state index contributed by atoms with van der Waals surface area (Å²) in [7, 11) is 0. The molecule has 0 aliphatic rings. The number of aryl methyl sites for hydroxylation is 1. The van der Waals surface area contributed by atoms with Crippen LogP contribution in [0.25, 0.3) is 33.6 Å². The first-order chi connectivity index (χ1) is 18.4. The quantitative estimate of drug-likeness (QED) is 0.203. The SMILES string of the molecule is [2H]C([2H])([2H])c1ccc(-c2[c-]cc(C#N)c(C#N)c2)nc1.[Ir].[c-]1ccccc1-c1ccc(-c2ccccc2)cn1. The zero-order valence-electron chi connectivity index (χ0n) is 21.9. The molecule has 5 aromatic rings. The van der Waals surface area contributed by atoms with E-state index in [0.29, 0.717) is 11.3 Å². The van der Waals surface area contributed by atoms with Crippen LogP contribution in [0.15, 0.2) is 103 Å². The minimum Gasteiger partial charge on any atom is -0.304 e. The van der Waals surface area contributed by atoms with Crippen molar-refractivity contribution in [3.8, 4) is 45.8 Å². The zero-order valence-corrected chi connectivity index (χ0v) is 21.3. The standard InChI is InChI=1S/C17H12N.C14H8N3.Ir/c1-3-7-14(8-4-1)16-11-12-17(18-13-16)15-9-5-2-6-10-15;1-10-2-5-14(17-9-10)11-3-4-12(7-15)13(6-11)8-16;/h1-9,11-13H;2,4-6,9H,1H3;/q2*-1;/i;1D3;. The molecule has 1 radical (unpaired) electrons. The maximum atomic E-state index is 8.96. The molecule has 0 saturated carbocycles. The molecule has 3 aromatic carbocycles. The van der Waals surface area contributed by atoms with Gasteiger partial charge >= 0.3 is 0 Å². The average molecular weight is 644 g/mol. The van der Waals surface area contributed by atoms with Crippen molar-refractivity contribution in [2.75, 3.05) is 0 Å². The number of benzene rings is 3. The molecule has 5 heteroatoms. The molecule has 2 aromatic heterocycles. The zero-order chi connectivity index (χ0) is 27.0. The molecule has 175 valence electrons. The third-order valence-electron chi connectivity index (χ3n) is 5.09. The van der Waals surface area contributed by atoms with E-state index in [-0.39, 0.29) is 36.8 Å². The van der Waals surface area contributed by atoms with E-state index in [1.807, 2.05) is 66.9 Å². The van der Waals surface area contributed by atoms with E-state index in [0.717, 1.165) is 16.8 Å². The van der Waals surface area contributed by atoms with Gasteiger partial charge in [0, 0.05) is 42.7 Å². The normalized spacial score (nSPS) is 11.1. The Bertz CT molecular complexity index is 1530. The summed E-state index contributed by atoms with van der Waals surface area (Å²) in [6.45, 7) is -2.20. The van der Waals surface area contributed by atoms with Crippen LogP contribution in [0.2, 0.25) is 0 Å². The second-order valence-corrected chi connectivity index (χ2v) is 7.40. The van der Waals surface area contributed by atoms with Gasteiger partial charge in [0.05, 0.1) is 6.07 Å². The molecule has 0 unspecified atom stereocenters. The molecule has 0 fully saturated rings. The Balaban J connectivity index is 0.000000211. The summed E-state index contributed by atoms with van der Waals surface area (Å²) in [6.07, 6.45) is 3.19. The predicted octanol–water partition coefficient (Wildman–Crippen LogP) is 6.81. The van der Waals surface area contributed by atoms with Crippen molar-refractivity contribution in [3.05, 3.63) is 132 Å². The van der Waals surface area contributed by atoms with E-state index in [9.17, 15) is 0 Å². The first-order valence-corrected chi connectivity index (χ1v) is 10.7. The maximum absolute atomic E-state index is 8.96. The van der Waals surface area contributed by atoms with Crippen molar-refractivity contribution in [2.45, 2.75) is 6.85 Å². The van der Waals surface area contributed by atoms with E-state index >= 15 is 0 Å².